The van der Waals surface area contributed by atoms with Crippen molar-refractivity contribution < 1.29 is 4.39 Å². The quantitative estimate of drug-likeness (QED) is 0.789. The smallest absolute Gasteiger partial charge is 0.147 e. The van der Waals surface area contributed by atoms with Gasteiger partial charge in [-0.25, -0.2) is 4.39 Å². The Kier molecular flexibility index (Phi) is 3.82. The molecule has 0 amide bonds. The molecule has 5 heteroatoms. The lowest BCUT2D eigenvalue weighted by molar-refractivity contribution is 0.581. The van der Waals surface area contributed by atoms with E-state index in [1.165, 1.54) is 0 Å². The predicted octanol–water partition coefficient (Wildman–Crippen LogP) is 0.722. The zero-order valence-electron chi connectivity index (χ0n) is 9.37. The summed E-state index contributed by atoms with van der Waals surface area (Å²) in [6.45, 7) is 0.142. The number of nitrogens with zero attached hydrogens (tertiary/aromatic N) is 2. The molecule has 0 aliphatic rings. The lowest BCUT2D eigenvalue weighted by Gasteiger charge is -2.18. The van der Waals surface area contributed by atoms with Gasteiger partial charge in [-0.1, -0.05) is 6.07 Å². The van der Waals surface area contributed by atoms with Gasteiger partial charge in [0.2, 0.25) is 0 Å². The van der Waals surface area contributed by atoms with E-state index in [2.05, 4.69) is 0 Å². The summed E-state index contributed by atoms with van der Waals surface area (Å²) in [7, 11) is 3.50. The molecule has 1 aromatic carbocycles. The molecule has 4 N–H and O–H groups in total. The van der Waals surface area contributed by atoms with Crippen LogP contribution in [0.5, 0.6) is 0 Å². The minimum absolute atomic E-state index is 0.00593. The van der Waals surface area contributed by atoms with Crippen LogP contribution in [0.1, 0.15) is 17.2 Å². The van der Waals surface area contributed by atoms with Crippen molar-refractivity contribution in [2.75, 3.05) is 25.5 Å². The average Bonchev–Trinajstić information content (AvgIpc) is 2.27. The van der Waals surface area contributed by atoms with E-state index in [4.69, 9.17) is 16.7 Å². The van der Waals surface area contributed by atoms with Gasteiger partial charge in [0.1, 0.15) is 17.4 Å². The summed E-state index contributed by atoms with van der Waals surface area (Å²) in [4.78, 5) is 1.68. The molecule has 0 aromatic heterocycles. The van der Waals surface area contributed by atoms with Gasteiger partial charge < -0.3 is 16.4 Å². The molecule has 4 nitrogen and oxygen atoms in total. The van der Waals surface area contributed by atoms with Crippen molar-refractivity contribution in [3.63, 3.8) is 0 Å². The van der Waals surface area contributed by atoms with Crippen LogP contribution in [-0.4, -0.2) is 20.6 Å². The Labute approximate surface area is 94.3 Å². The Morgan fingerprint density at radius 2 is 2.12 bits per heavy atom. The number of rotatable bonds is 3. The third-order valence-corrected chi connectivity index (χ3v) is 2.40. The number of hydrogen-bond acceptors (Lipinski definition) is 4. The first-order valence-corrected chi connectivity index (χ1v) is 4.88. The third kappa shape index (κ3) is 2.13. The molecule has 0 bridgehead atoms. The molecule has 0 heterocycles. The lowest BCUT2D eigenvalue weighted by Crippen LogP contribution is -2.23. The van der Waals surface area contributed by atoms with E-state index in [9.17, 15) is 4.39 Å². The van der Waals surface area contributed by atoms with Crippen LogP contribution in [0.25, 0.3) is 0 Å². The summed E-state index contributed by atoms with van der Waals surface area (Å²) in [5.74, 6) is -0.577. The summed E-state index contributed by atoms with van der Waals surface area (Å²) < 4.78 is 13.9. The molecule has 1 aromatic rings. The first-order chi connectivity index (χ1) is 7.52. The number of hydrogen-bond donors (Lipinski definition) is 2. The molecule has 86 valence electrons. The second-order valence-electron chi connectivity index (χ2n) is 3.71. The van der Waals surface area contributed by atoms with Crippen LogP contribution in [0, 0.1) is 17.1 Å². The molecule has 0 aliphatic heterocycles. The molecule has 0 fully saturated rings. The number of nitriles is 1. The zero-order chi connectivity index (χ0) is 12.3. The van der Waals surface area contributed by atoms with E-state index in [1.54, 1.807) is 31.1 Å². The molecule has 1 atom stereocenters. The van der Waals surface area contributed by atoms with Gasteiger partial charge in [0.15, 0.2) is 0 Å². The van der Waals surface area contributed by atoms with Gasteiger partial charge >= 0.3 is 0 Å². The van der Waals surface area contributed by atoms with Crippen molar-refractivity contribution in [2.24, 2.45) is 11.5 Å². The first kappa shape index (κ1) is 12.4. The lowest BCUT2D eigenvalue weighted by atomic mass is 10.0. The second-order valence-corrected chi connectivity index (χ2v) is 3.71. The van der Waals surface area contributed by atoms with Crippen LogP contribution in [0.3, 0.4) is 0 Å². The van der Waals surface area contributed by atoms with Gasteiger partial charge in [-0.05, 0) is 6.07 Å². The van der Waals surface area contributed by atoms with Crippen molar-refractivity contribution in [1.29, 1.82) is 5.26 Å². The Hall–Kier alpha value is -1.64. The minimum Gasteiger partial charge on any atom is -0.377 e. The number of benzene rings is 1. The first-order valence-electron chi connectivity index (χ1n) is 4.88. The van der Waals surface area contributed by atoms with Gasteiger partial charge in [-0.3, -0.25) is 0 Å². The summed E-state index contributed by atoms with van der Waals surface area (Å²) in [6, 6.07) is 4.52. The van der Waals surface area contributed by atoms with E-state index in [-0.39, 0.29) is 17.7 Å². The fourth-order valence-electron chi connectivity index (χ4n) is 1.47. The van der Waals surface area contributed by atoms with Gasteiger partial charge in [-0.2, -0.15) is 5.26 Å². The van der Waals surface area contributed by atoms with Crippen LogP contribution < -0.4 is 16.4 Å². The fourth-order valence-corrected chi connectivity index (χ4v) is 1.47. The van der Waals surface area contributed by atoms with Gasteiger partial charge in [0.25, 0.3) is 0 Å². The average molecular weight is 222 g/mol. The summed E-state index contributed by atoms with van der Waals surface area (Å²) in [5, 5.41) is 8.94. The monoisotopic (exact) mass is 222 g/mol. The highest BCUT2D eigenvalue weighted by atomic mass is 19.1. The van der Waals surface area contributed by atoms with Gasteiger partial charge in [0, 0.05) is 32.2 Å². The van der Waals surface area contributed by atoms with Crippen LogP contribution in [-0.2, 0) is 0 Å². The zero-order valence-corrected chi connectivity index (χ0v) is 9.37. The van der Waals surface area contributed by atoms with Crippen LogP contribution in [0.2, 0.25) is 0 Å². The Bertz CT molecular complexity index is 423. The highest BCUT2D eigenvalue weighted by Gasteiger charge is 2.17. The van der Waals surface area contributed by atoms with E-state index >= 15 is 0 Å². The second kappa shape index (κ2) is 4.92. The summed E-state index contributed by atoms with van der Waals surface area (Å²) >= 11 is 0. The molecule has 0 spiro atoms. The van der Waals surface area contributed by atoms with E-state index < -0.39 is 11.9 Å². The minimum atomic E-state index is -0.580. The molecule has 1 rings (SSSR count). The van der Waals surface area contributed by atoms with E-state index in [0.717, 1.165) is 0 Å². The van der Waals surface area contributed by atoms with Crippen molar-refractivity contribution in [2.45, 2.75) is 6.04 Å². The number of nitrogens with two attached hydrogens (primary N) is 2. The maximum Gasteiger partial charge on any atom is 0.147 e. The molecule has 0 radical (unpaired) electrons. The summed E-state index contributed by atoms with van der Waals surface area (Å²) in [5.41, 5.74) is 11.9. The van der Waals surface area contributed by atoms with Crippen LogP contribution in [0.15, 0.2) is 12.1 Å². The molecule has 0 saturated carbocycles. The molecule has 0 saturated heterocycles. The molecular formula is C11H15FN4. The highest BCUT2D eigenvalue weighted by Crippen LogP contribution is 2.26. The maximum absolute atomic E-state index is 13.9. The maximum atomic E-state index is 13.9. The highest BCUT2D eigenvalue weighted by molar-refractivity contribution is 5.60. The number of halogens is 1. The van der Waals surface area contributed by atoms with Crippen LogP contribution in [0.4, 0.5) is 10.1 Å². The summed E-state index contributed by atoms with van der Waals surface area (Å²) in [6.07, 6.45) is 0. The van der Waals surface area contributed by atoms with Gasteiger partial charge in [0.05, 0.1) is 5.69 Å². The van der Waals surface area contributed by atoms with Crippen LogP contribution >= 0.6 is 0 Å². The molecular weight excluding hydrogens is 207 g/mol. The van der Waals surface area contributed by atoms with Crippen molar-refractivity contribution >= 4 is 5.69 Å². The molecule has 16 heavy (non-hydrogen) atoms. The topological polar surface area (TPSA) is 79.1 Å². The molecule has 0 unspecified atom stereocenters. The van der Waals surface area contributed by atoms with Gasteiger partial charge in [-0.15, -0.1) is 0 Å². The predicted molar refractivity (Wildman–Crippen MR) is 61.4 cm³/mol. The standard InChI is InChI=1S/C11H15FN4/c1-16(2)10-4-3-7(9(15)6-14)11(12)8(10)5-13/h3-4,9H,6,14-15H2,1-2H3/t9-/m0/s1. The van der Waals surface area contributed by atoms with Crippen molar-refractivity contribution in [3.05, 3.63) is 29.1 Å². The SMILES string of the molecule is CN(C)c1ccc([C@@H](N)CN)c(F)c1C#N. The third-order valence-electron chi connectivity index (χ3n) is 2.40. The van der Waals surface area contributed by atoms with E-state index in [1.807, 2.05) is 6.07 Å². The Balaban J connectivity index is 3.36. The normalized spacial score (nSPS) is 12.0. The Morgan fingerprint density at radius 1 is 1.50 bits per heavy atom. The molecule has 0 aliphatic carbocycles. The van der Waals surface area contributed by atoms with E-state index in [0.29, 0.717) is 5.69 Å². The largest absolute Gasteiger partial charge is 0.377 e. The number of anilines is 1. The fraction of sp³-hybridized carbons (Fsp3) is 0.364. The Morgan fingerprint density at radius 3 is 2.56 bits per heavy atom. The van der Waals surface area contributed by atoms with Crippen molar-refractivity contribution in [1.82, 2.24) is 0 Å². The van der Waals surface area contributed by atoms with Crippen molar-refractivity contribution in [3.8, 4) is 6.07 Å².